The zero-order chi connectivity index (χ0) is 21.1. The van der Waals surface area contributed by atoms with Gasteiger partial charge in [0, 0.05) is 13.1 Å². The lowest BCUT2D eigenvalue weighted by molar-refractivity contribution is 0.266. The summed E-state index contributed by atoms with van der Waals surface area (Å²) >= 11 is 0. The molecule has 0 aromatic heterocycles. The largest absolute Gasteiger partial charge is 0.395 e. The van der Waals surface area contributed by atoms with Crippen LogP contribution in [0.5, 0.6) is 0 Å². The second-order valence-corrected chi connectivity index (χ2v) is 8.25. The Bertz CT molecular complexity index is 574. The molecule has 7 heteroatoms. The summed E-state index contributed by atoms with van der Waals surface area (Å²) in [7, 11) is -4.09. The number of nitrogens with one attached hydrogen (secondary N) is 1. The first kappa shape index (κ1) is 27.0. The van der Waals surface area contributed by atoms with Gasteiger partial charge in [0.2, 0.25) is 0 Å². The highest BCUT2D eigenvalue weighted by atomic mass is 32.2. The first-order chi connectivity index (χ1) is 13.5. The Morgan fingerprint density at radius 1 is 0.821 bits per heavy atom. The third kappa shape index (κ3) is 15.0. The van der Waals surface area contributed by atoms with Crippen LogP contribution in [0.15, 0.2) is 29.2 Å². The molecule has 1 aromatic rings. The lowest BCUT2D eigenvalue weighted by Gasteiger charge is -2.07. The van der Waals surface area contributed by atoms with Crippen LogP contribution in [0, 0.1) is 0 Å². The van der Waals surface area contributed by atoms with Gasteiger partial charge < -0.3 is 15.5 Å². The van der Waals surface area contributed by atoms with Crippen molar-refractivity contribution < 1.29 is 23.2 Å². The predicted molar refractivity (Wildman–Crippen MR) is 114 cm³/mol. The van der Waals surface area contributed by atoms with E-state index in [0.717, 1.165) is 18.4 Å². The molecule has 0 fully saturated rings. The van der Waals surface area contributed by atoms with Crippen molar-refractivity contribution in [2.45, 2.75) is 76.0 Å². The van der Waals surface area contributed by atoms with Gasteiger partial charge in [-0.15, -0.1) is 0 Å². The number of benzene rings is 1. The molecule has 0 aliphatic rings. The van der Waals surface area contributed by atoms with Crippen LogP contribution in [0.4, 0.5) is 0 Å². The first-order valence-corrected chi connectivity index (χ1v) is 11.9. The number of aryl methyl sites for hydroxylation is 1. The van der Waals surface area contributed by atoms with Crippen LogP contribution < -0.4 is 5.32 Å². The van der Waals surface area contributed by atoms with E-state index in [9.17, 15) is 13.0 Å². The lowest BCUT2D eigenvalue weighted by atomic mass is 10.0. The highest BCUT2D eigenvalue weighted by Gasteiger charge is 2.13. The van der Waals surface area contributed by atoms with Crippen molar-refractivity contribution in [3.05, 3.63) is 29.8 Å². The van der Waals surface area contributed by atoms with Gasteiger partial charge in [-0.2, -0.15) is 8.42 Å². The summed E-state index contributed by atoms with van der Waals surface area (Å²) in [4.78, 5) is 0.0598. The summed E-state index contributed by atoms with van der Waals surface area (Å²) in [6, 6.07) is 6.72. The number of aliphatic hydroxyl groups is 2. The van der Waals surface area contributed by atoms with Crippen LogP contribution in [-0.2, 0) is 16.5 Å². The van der Waals surface area contributed by atoms with E-state index in [1.807, 2.05) is 6.07 Å². The molecular weight excluding hydrogens is 378 g/mol. The molecule has 4 N–H and O–H groups in total. The number of hydrogen-bond donors (Lipinski definition) is 4. The molecule has 6 nitrogen and oxygen atoms in total. The van der Waals surface area contributed by atoms with Crippen molar-refractivity contribution in [1.29, 1.82) is 0 Å². The molecule has 0 spiro atoms. The molecule has 0 aliphatic carbocycles. The van der Waals surface area contributed by atoms with Crippen LogP contribution in [-0.4, -0.2) is 49.5 Å². The second-order valence-electron chi connectivity index (χ2n) is 6.86. The number of aliphatic hydroxyl groups excluding tert-OH is 2. The average molecular weight is 418 g/mol. The quantitative estimate of drug-likeness (QED) is 0.257. The van der Waals surface area contributed by atoms with Gasteiger partial charge in [0.05, 0.1) is 18.1 Å². The minimum atomic E-state index is -4.09. The molecule has 0 bridgehead atoms. The van der Waals surface area contributed by atoms with Crippen LogP contribution in [0.2, 0.25) is 0 Å². The summed E-state index contributed by atoms with van der Waals surface area (Å²) in [5.74, 6) is 0. The first-order valence-electron chi connectivity index (χ1n) is 10.4. The van der Waals surface area contributed by atoms with Gasteiger partial charge in [-0.05, 0) is 24.5 Å². The van der Waals surface area contributed by atoms with E-state index in [2.05, 4.69) is 12.2 Å². The van der Waals surface area contributed by atoms with Gasteiger partial charge >= 0.3 is 0 Å². The van der Waals surface area contributed by atoms with Crippen molar-refractivity contribution in [2.24, 2.45) is 0 Å². The zero-order valence-corrected chi connectivity index (χ0v) is 18.1. The van der Waals surface area contributed by atoms with Crippen molar-refractivity contribution in [2.75, 3.05) is 26.3 Å². The molecule has 1 rings (SSSR count). The lowest BCUT2D eigenvalue weighted by Crippen LogP contribution is -2.21. The Labute approximate surface area is 171 Å². The van der Waals surface area contributed by atoms with E-state index >= 15 is 0 Å². The minimum Gasteiger partial charge on any atom is -0.395 e. The summed E-state index contributed by atoms with van der Waals surface area (Å²) in [5.41, 5.74) is 0.725. The Morgan fingerprint density at radius 2 is 1.32 bits per heavy atom. The minimum absolute atomic E-state index is 0.0598. The fourth-order valence-corrected chi connectivity index (χ4v) is 3.62. The number of hydrogen-bond acceptors (Lipinski definition) is 5. The highest BCUT2D eigenvalue weighted by Crippen LogP contribution is 2.18. The van der Waals surface area contributed by atoms with Crippen LogP contribution in [0.1, 0.15) is 70.3 Å². The SMILES string of the molecule is CCCCCCCCCCCc1ccccc1S(=O)(=O)O.OCCNCCO. The Kier molecular flexibility index (Phi) is 17.4. The van der Waals surface area contributed by atoms with Gasteiger partial charge in [0.1, 0.15) is 0 Å². The van der Waals surface area contributed by atoms with Crippen molar-refractivity contribution in [3.63, 3.8) is 0 Å². The fraction of sp³-hybridized carbons (Fsp3) is 0.714. The molecule has 0 atom stereocenters. The Balaban J connectivity index is 0.000000887. The topological polar surface area (TPSA) is 107 Å². The van der Waals surface area contributed by atoms with E-state index in [1.165, 1.54) is 51.0 Å². The molecule has 0 radical (unpaired) electrons. The monoisotopic (exact) mass is 417 g/mol. The van der Waals surface area contributed by atoms with Gasteiger partial charge in [0.25, 0.3) is 10.1 Å². The van der Waals surface area contributed by atoms with E-state index < -0.39 is 10.1 Å². The maximum absolute atomic E-state index is 11.3. The fourth-order valence-electron chi connectivity index (χ4n) is 2.87. The number of rotatable bonds is 15. The normalized spacial score (nSPS) is 11.1. The van der Waals surface area contributed by atoms with Crippen LogP contribution >= 0.6 is 0 Å². The Morgan fingerprint density at radius 3 is 1.82 bits per heavy atom. The molecule has 0 saturated carbocycles. The average Bonchev–Trinajstić information content (AvgIpc) is 2.67. The maximum Gasteiger partial charge on any atom is 0.294 e. The molecule has 0 saturated heterocycles. The molecular formula is C21H39NO5S. The molecule has 1 aromatic carbocycles. The van der Waals surface area contributed by atoms with Crippen LogP contribution in [0.3, 0.4) is 0 Å². The van der Waals surface area contributed by atoms with E-state index in [0.29, 0.717) is 19.5 Å². The third-order valence-electron chi connectivity index (χ3n) is 4.38. The van der Waals surface area contributed by atoms with Crippen molar-refractivity contribution >= 4 is 10.1 Å². The standard InChI is InChI=1S/C17H28O3S.C4H11NO2/c1-2-3-4-5-6-7-8-9-10-13-16-14-11-12-15-17(16)21(18,19)20;6-3-1-5-2-4-7/h11-12,14-15H,2-10,13H2,1H3,(H,18,19,20);5-7H,1-4H2. The van der Waals surface area contributed by atoms with Gasteiger partial charge in [0.15, 0.2) is 0 Å². The summed E-state index contributed by atoms with van der Waals surface area (Å²) in [6.45, 7) is 3.64. The summed E-state index contributed by atoms with van der Waals surface area (Å²) in [6.07, 6.45) is 11.9. The van der Waals surface area contributed by atoms with Crippen molar-refractivity contribution in [1.82, 2.24) is 5.32 Å². The zero-order valence-electron chi connectivity index (χ0n) is 17.3. The molecule has 0 aliphatic heterocycles. The van der Waals surface area contributed by atoms with E-state index in [1.54, 1.807) is 12.1 Å². The van der Waals surface area contributed by atoms with Gasteiger partial charge in [-0.1, -0.05) is 76.5 Å². The summed E-state index contributed by atoms with van der Waals surface area (Å²) < 4.78 is 31.7. The molecule has 0 unspecified atom stereocenters. The summed E-state index contributed by atoms with van der Waals surface area (Å²) in [5, 5.41) is 19.1. The number of unbranched alkanes of at least 4 members (excludes halogenated alkanes) is 8. The second kappa shape index (κ2) is 18.1. The molecule has 0 amide bonds. The van der Waals surface area contributed by atoms with E-state index in [-0.39, 0.29) is 18.1 Å². The highest BCUT2D eigenvalue weighted by molar-refractivity contribution is 7.85. The predicted octanol–water partition coefficient (Wildman–Crippen LogP) is 3.57. The maximum atomic E-state index is 11.3. The Hall–Kier alpha value is -0.990. The third-order valence-corrected chi connectivity index (χ3v) is 5.33. The van der Waals surface area contributed by atoms with Gasteiger partial charge in [-0.25, -0.2) is 0 Å². The molecule has 28 heavy (non-hydrogen) atoms. The molecule has 164 valence electrons. The van der Waals surface area contributed by atoms with Gasteiger partial charge in [-0.3, -0.25) is 4.55 Å². The van der Waals surface area contributed by atoms with Crippen molar-refractivity contribution in [3.8, 4) is 0 Å². The van der Waals surface area contributed by atoms with Crippen LogP contribution in [0.25, 0.3) is 0 Å². The smallest absolute Gasteiger partial charge is 0.294 e. The van der Waals surface area contributed by atoms with E-state index in [4.69, 9.17) is 10.2 Å². The molecule has 0 heterocycles.